The van der Waals surface area contributed by atoms with E-state index in [4.69, 9.17) is 26.4 Å². The largest absolute Gasteiger partial charge is 0.394 e. The number of hydrogen-bond acceptors (Lipinski definition) is 12. The van der Waals surface area contributed by atoms with Gasteiger partial charge in [-0.15, -0.1) is 0 Å². The average molecular weight is 446 g/mol. The fourth-order valence-electron chi connectivity index (χ4n) is 2.86. The van der Waals surface area contributed by atoms with Gasteiger partial charge in [0, 0.05) is 14.1 Å². The highest BCUT2D eigenvalue weighted by molar-refractivity contribution is 8.23. The van der Waals surface area contributed by atoms with Crippen LogP contribution in [0.15, 0.2) is 0 Å². The van der Waals surface area contributed by atoms with E-state index in [1.807, 2.05) is 0 Å². The van der Waals surface area contributed by atoms with Gasteiger partial charge in [0.2, 0.25) is 0 Å². The molecule has 0 saturated carbocycles. The lowest BCUT2D eigenvalue weighted by molar-refractivity contribution is -0.338. The van der Waals surface area contributed by atoms with Gasteiger partial charge in [-0.3, -0.25) is 0 Å². The summed E-state index contributed by atoms with van der Waals surface area (Å²) in [6.45, 7) is -1.24. The molecule has 7 N–H and O–H groups in total. The molecule has 0 aromatic rings. The predicted octanol–water partition coefficient (Wildman–Crippen LogP) is -3.81. The molecule has 0 unspecified atom stereocenters. The minimum atomic E-state index is -1.70. The summed E-state index contributed by atoms with van der Waals surface area (Å²) < 4.78 is 16.7. The molecule has 13 heteroatoms. The Bertz CT molecular complexity index is 525. The molecular weight excluding hydrogens is 418 g/mol. The van der Waals surface area contributed by atoms with E-state index < -0.39 is 73.8 Å². The average Bonchev–Trinajstić information content (AvgIpc) is 2.67. The summed E-state index contributed by atoms with van der Waals surface area (Å²) in [5.74, 6) is 0. The second-order valence-corrected chi connectivity index (χ2v) is 8.51. The Morgan fingerprint density at radius 3 is 2.04 bits per heavy atom. The van der Waals surface area contributed by atoms with Crippen LogP contribution in [0, 0.1) is 0 Å². The van der Waals surface area contributed by atoms with Crippen molar-refractivity contribution in [3.05, 3.63) is 0 Å². The molecule has 2 rings (SSSR count). The Balaban J connectivity index is 2.11. The van der Waals surface area contributed by atoms with Gasteiger partial charge in [-0.05, 0) is 0 Å². The fourth-order valence-corrected chi connectivity index (χ4v) is 4.05. The Morgan fingerprint density at radius 1 is 0.893 bits per heavy atom. The van der Waals surface area contributed by atoms with E-state index in [1.54, 1.807) is 19.0 Å². The topological polar surface area (TPSA) is 173 Å². The molecule has 0 aromatic carbocycles. The Hall–Kier alpha value is -0.160. The summed E-state index contributed by atoms with van der Waals surface area (Å²) in [5, 5.41) is 69.5. The van der Waals surface area contributed by atoms with Crippen LogP contribution < -0.4 is 0 Å². The molecule has 28 heavy (non-hydrogen) atoms. The standard InChI is InChI=1S/C15H27NO10S2/c1-16(2)15(27)28-14-11(23)9(21)12(6(4-18)25-14)26-13-10(22)8(20)7(19)5(3-17)24-13/h5-14,17-23H,3-4H2,1-2H3/t5-,6-,7+,8+,9-,10+,11+,12+,13+,14+/m0/s1. The molecule has 0 bridgehead atoms. The van der Waals surface area contributed by atoms with E-state index >= 15 is 0 Å². The molecule has 0 aromatic heterocycles. The van der Waals surface area contributed by atoms with Crippen molar-refractivity contribution in [2.75, 3.05) is 27.3 Å². The lowest BCUT2D eigenvalue weighted by Crippen LogP contribution is -2.64. The normalized spacial score (nSPS) is 44.3. The summed E-state index contributed by atoms with van der Waals surface area (Å²) in [6.07, 6.45) is -13.1. The van der Waals surface area contributed by atoms with Gasteiger partial charge in [0.15, 0.2) is 6.29 Å². The number of nitrogens with zero attached hydrogens (tertiary/aromatic N) is 1. The molecule has 2 aliphatic rings. The zero-order valence-electron chi connectivity index (χ0n) is 15.3. The van der Waals surface area contributed by atoms with E-state index in [0.29, 0.717) is 4.32 Å². The maximum Gasteiger partial charge on any atom is 0.187 e. The van der Waals surface area contributed by atoms with Crippen LogP contribution >= 0.6 is 24.0 Å². The molecule has 0 aliphatic carbocycles. The molecule has 2 heterocycles. The monoisotopic (exact) mass is 445 g/mol. The van der Waals surface area contributed by atoms with Crippen LogP contribution in [0.1, 0.15) is 0 Å². The van der Waals surface area contributed by atoms with Crippen molar-refractivity contribution in [1.82, 2.24) is 4.90 Å². The lowest BCUT2D eigenvalue weighted by Gasteiger charge is -2.46. The van der Waals surface area contributed by atoms with Crippen molar-refractivity contribution >= 4 is 28.3 Å². The van der Waals surface area contributed by atoms with E-state index in [-0.39, 0.29) is 0 Å². The third-order valence-electron chi connectivity index (χ3n) is 4.54. The van der Waals surface area contributed by atoms with Crippen LogP contribution in [0.4, 0.5) is 0 Å². The minimum Gasteiger partial charge on any atom is -0.394 e. The molecule has 11 nitrogen and oxygen atoms in total. The van der Waals surface area contributed by atoms with Crippen LogP contribution in [-0.2, 0) is 14.2 Å². The number of ether oxygens (including phenoxy) is 3. The van der Waals surface area contributed by atoms with E-state index in [9.17, 15) is 35.7 Å². The third-order valence-corrected chi connectivity index (χ3v) is 6.39. The first kappa shape index (κ1) is 24.1. The highest BCUT2D eigenvalue weighted by atomic mass is 32.2. The highest BCUT2D eigenvalue weighted by Crippen LogP contribution is 2.33. The number of thioether (sulfide) groups is 1. The Morgan fingerprint density at radius 2 is 1.50 bits per heavy atom. The van der Waals surface area contributed by atoms with Crippen LogP contribution in [-0.4, -0.2) is 133 Å². The Kier molecular flexibility index (Phi) is 8.82. The van der Waals surface area contributed by atoms with Crippen molar-refractivity contribution in [3.63, 3.8) is 0 Å². The number of aliphatic hydroxyl groups excluding tert-OH is 7. The SMILES string of the molecule is CN(C)C(=S)S[C@H]1O[C@@H](CO)[C@@H](O[C@H]2O[C@@H](CO)[C@@H](O)[C@@H](O)[C@H]2O)[C@@H](O)[C@H]1O. The zero-order chi connectivity index (χ0) is 21.2. The van der Waals surface area contributed by atoms with Crippen LogP contribution in [0.5, 0.6) is 0 Å². The molecule has 2 saturated heterocycles. The summed E-state index contributed by atoms with van der Waals surface area (Å²) in [5.41, 5.74) is -0.975. The van der Waals surface area contributed by atoms with Crippen molar-refractivity contribution in [1.29, 1.82) is 0 Å². The first-order valence-electron chi connectivity index (χ1n) is 8.58. The maximum absolute atomic E-state index is 10.5. The van der Waals surface area contributed by atoms with Crippen molar-refractivity contribution in [3.8, 4) is 0 Å². The number of hydrogen-bond donors (Lipinski definition) is 7. The molecule has 10 atom stereocenters. The molecular formula is C15H27NO10S2. The van der Waals surface area contributed by atoms with Gasteiger partial charge in [0.25, 0.3) is 0 Å². The van der Waals surface area contributed by atoms with Crippen LogP contribution in [0.25, 0.3) is 0 Å². The number of aliphatic hydroxyl groups is 7. The second kappa shape index (κ2) is 10.2. The van der Waals surface area contributed by atoms with Gasteiger partial charge in [0.05, 0.1) is 13.2 Å². The van der Waals surface area contributed by atoms with Gasteiger partial charge < -0.3 is 54.9 Å². The second-order valence-electron chi connectivity index (χ2n) is 6.78. The van der Waals surface area contributed by atoms with Crippen LogP contribution in [0.3, 0.4) is 0 Å². The van der Waals surface area contributed by atoms with Gasteiger partial charge in [-0.2, -0.15) is 0 Å². The maximum atomic E-state index is 10.5. The Labute approximate surface area is 171 Å². The van der Waals surface area contributed by atoms with Crippen molar-refractivity contribution in [2.45, 2.75) is 60.6 Å². The highest BCUT2D eigenvalue weighted by Gasteiger charge is 2.50. The quantitative estimate of drug-likeness (QED) is 0.206. The molecule has 2 aliphatic heterocycles. The molecule has 2 fully saturated rings. The summed E-state index contributed by atoms with van der Waals surface area (Å²) in [7, 11) is 3.41. The predicted molar refractivity (Wildman–Crippen MR) is 100 cm³/mol. The summed E-state index contributed by atoms with van der Waals surface area (Å²) in [4.78, 5) is 1.62. The van der Waals surface area contributed by atoms with E-state index in [2.05, 4.69) is 0 Å². The van der Waals surface area contributed by atoms with Gasteiger partial charge in [-0.25, -0.2) is 0 Å². The zero-order valence-corrected chi connectivity index (χ0v) is 16.9. The first-order chi connectivity index (χ1) is 13.1. The number of rotatable bonds is 5. The third kappa shape index (κ3) is 5.11. The fraction of sp³-hybridized carbons (Fsp3) is 0.933. The van der Waals surface area contributed by atoms with Gasteiger partial charge in [-0.1, -0.05) is 24.0 Å². The van der Waals surface area contributed by atoms with Crippen molar-refractivity contribution < 1.29 is 50.0 Å². The summed E-state index contributed by atoms with van der Waals surface area (Å²) in [6, 6.07) is 0. The van der Waals surface area contributed by atoms with Gasteiger partial charge >= 0.3 is 0 Å². The molecule has 164 valence electrons. The molecule has 0 radical (unpaired) electrons. The number of thiocarbonyl (C=S) groups is 1. The van der Waals surface area contributed by atoms with Crippen LogP contribution in [0.2, 0.25) is 0 Å². The van der Waals surface area contributed by atoms with E-state index in [1.165, 1.54) is 0 Å². The van der Waals surface area contributed by atoms with Crippen molar-refractivity contribution in [2.24, 2.45) is 0 Å². The smallest absolute Gasteiger partial charge is 0.187 e. The summed E-state index contributed by atoms with van der Waals surface area (Å²) >= 11 is 6.13. The molecule has 0 amide bonds. The lowest BCUT2D eigenvalue weighted by atomic mass is 9.97. The first-order valence-corrected chi connectivity index (χ1v) is 9.87. The van der Waals surface area contributed by atoms with E-state index in [0.717, 1.165) is 11.8 Å². The van der Waals surface area contributed by atoms with Gasteiger partial charge in [0.1, 0.15) is 58.6 Å². The molecule has 0 spiro atoms. The minimum absolute atomic E-state index is 0.390.